The molecule has 0 aromatic rings. The van der Waals surface area contributed by atoms with Crippen molar-refractivity contribution in [2.45, 2.75) is 32.6 Å². The molecule has 1 heterocycles. The Kier molecular flexibility index (Phi) is 5.08. The van der Waals surface area contributed by atoms with Crippen molar-refractivity contribution in [3.05, 3.63) is 0 Å². The predicted octanol–water partition coefficient (Wildman–Crippen LogP) is 1.12. The summed E-state index contributed by atoms with van der Waals surface area (Å²) in [6.07, 6.45) is 3.14. The summed E-state index contributed by atoms with van der Waals surface area (Å²) in [7, 11) is 0. The van der Waals surface area contributed by atoms with Gasteiger partial charge in [-0.25, -0.2) is 4.79 Å². The van der Waals surface area contributed by atoms with Crippen LogP contribution in [-0.4, -0.2) is 36.6 Å². The highest BCUT2D eigenvalue weighted by Crippen LogP contribution is 2.16. The van der Waals surface area contributed by atoms with Gasteiger partial charge in [-0.15, -0.1) is 0 Å². The van der Waals surface area contributed by atoms with Gasteiger partial charge in [0, 0.05) is 13.1 Å². The maximum absolute atomic E-state index is 11.6. The fourth-order valence-corrected chi connectivity index (χ4v) is 1.77. The average Bonchev–Trinajstić information content (AvgIpc) is 2.29. The third kappa shape index (κ3) is 3.72. The number of ether oxygens (including phenoxy) is 1. The van der Waals surface area contributed by atoms with E-state index < -0.39 is 0 Å². The lowest BCUT2D eigenvalue weighted by Gasteiger charge is -2.30. The van der Waals surface area contributed by atoms with Crippen molar-refractivity contribution in [3.8, 4) is 0 Å². The summed E-state index contributed by atoms with van der Waals surface area (Å²) in [5.41, 5.74) is 5.23. The molecule has 0 spiro atoms. The summed E-state index contributed by atoms with van der Waals surface area (Å²) in [5, 5.41) is 0. The molecule has 2 N–H and O–H groups in total. The maximum Gasteiger partial charge on any atom is 0.409 e. The van der Waals surface area contributed by atoms with Gasteiger partial charge in [-0.2, -0.15) is 0 Å². The highest BCUT2D eigenvalue weighted by atomic mass is 16.6. The molecule has 16 heavy (non-hydrogen) atoms. The minimum atomic E-state index is -0.328. The van der Waals surface area contributed by atoms with Gasteiger partial charge >= 0.3 is 6.09 Å². The van der Waals surface area contributed by atoms with E-state index in [1.165, 1.54) is 0 Å². The summed E-state index contributed by atoms with van der Waals surface area (Å²) in [6, 6.07) is 0. The third-order valence-electron chi connectivity index (χ3n) is 2.81. The zero-order valence-electron chi connectivity index (χ0n) is 9.78. The molecule has 1 saturated heterocycles. The Morgan fingerprint density at radius 1 is 1.50 bits per heavy atom. The Hall–Kier alpha value is -1.26. The van der Waals surface area contributed by atoms with E-state index in [0.717, 1.165) is 25.7 Å². The molecule has 1 rings (SSSR count). The largest absolute Gasteiger partial charge is 0.449 e. The van der Waals surface area contributed by atoms with Crippen LogP contribution in [0, 0.1) is 5.92 Å². The van der Waals surface area contributed by atoms with Crippen LogP contribution in [0.25, 0.3) is 0 Å². The first-order chi connectivity index (χ1) is 7.65. The number of piperidine rings is 1. The highest BCUT2D eigenvalue weighted by molar-refractivity contribution is 5.78. The third-order valence-corrected chi connectivity index (χ3v) is 2.81. The summed E-state index contributed by atoms with van der Waals surface area (Å²) < 4.78 is 5.08. The molecule has 0 aromatic carbocycles. The summed E-state index contributed by atoms with van der Waals surface area (Å²) in [5.74, 6) is -0.543. The molecule has 1 fully saturated rings. The molecule has 1 atom stereocenters. The molecule has 0 unspecified atom stereocenters. The molecule has 92 valence electrons. The van der Waals surface area contributed by atoms with E-state index in [9.17, 15) is 9.59 Å². The van der Waals surface area contributed by atoms with Gasteiger partial charge in [0.25, 0.3) is 0 Å². The highest BCUT2D eigenvalue weighted by Gasteiger charge is 2.27. The number of amides is 2. The second-order valence-corrected chi connectivity index (χ2v) is 4.16. The van der Waals surface area contributed by atoms with E-state index in [2.05, 4.69) is 0 Å². The molecule has 5 heteroatoms. The smallest absolute Gasteiger partial charge is 0.409 e. The Morgan fingerprint density at radius 2 is 2.25 bits per heavy atom. The van der Waals surface area contributed by atoms with Gasteiger partial charge in [0.05, 0.1) is 12.5 Å². The zero-order chi connectivity index (χ0) is 12.0. The van der Waals surface area contributed by atoms with Crippen molar-refractivity contribution < 1.29 is 14.3 Å². The van der Waals surface area contributed by atoms with E-state index in [1.54, 1.807) is 4.90 Å². The van der Waals surface area contributed by atoms with Crippen molar-refractivity contribution in [2.75, 3.05) is 19.7 Å². The van der Waals surface area contributed by atoms with E-state index >= 15 is 0 Å². The SMILES string of the molecule is CCCCOC(=O)N1CCC[C@@H](C(N)=O)C1. The molecule has 2 amide bonds. The number of carbonyl (C=O) groups is 2. The Bertz CT molecular complexity index is 256. The average molecular weight is 228 g/mol. The number of unbranched alkanes of at least 4 members (excludes halogenated alkanes) is 1. The second-order valence-electron chi connectivity index (χ2n) is 4.16. The fraction of sp³-hybridized carbons (Fsp3) is 0.818. The molecule has 5 nitrogen and oxygen atoms in total. The van der Waals surface area contributed by atoms with Crippen molar-refractivity contribution in [1.82, 2.24) is 4.90 Å². The van der Waals surface area contributed by atoms with Crippen LogP contribution in [0.3, 0.4) is 0 Å². The topological polar surface area (TPSA) is 72.6 Å². The van der Waals surface area contributed by atoms with Crippen LogP contribution in [0.2, 0.25) is 0 Å². The van der Waals surface area contributed by atoms with Crippen molar-refractivity contribution >= 4 is 12.0 Å². The molecule has 1 aliphatic heterocycles. The molecular weight excluding hydrogens is 208 g/mol. The first kappa shape index (κ1) is 12.8. The number of hydrogen-bond acceptors (Lipinski definition) is 3. The van der Waals surface area contributed by atoms with Crippen LogP contribution >= 0.6 is 0 Å². The Morgan fingerprint density at radius 3 is 2.88 bits per heavy atom. The number of nitrogens with two attached hydrogens (primary N) is 1. The second kappa shape index (κ2) is 6.35. The van der Waals surface area contributed by atoms with Gasteiger partial charge in [-0.3, -0.25) is 4.79 Å². The van der Waals surface area contributed by atoms with E-state index in [1.807, 2.05) is 6.92 Å². The van der Waals surface area contributed by atoms with Crippen LogP contribution in [0.15, 0.2) is 0 Å². The number of hydrogen-bond donors (Lipinski definition) is 1. The Balaban J connectivity index is 2.35. The van der Waals surface area contributed by atoms with Gasteiger partial charge in [-0.05, 0) is 19.3 Å². The van der Waals surface area contributed by atoms with Gasteiger partial charge in [0.2, 0.25) is 5.91 Å². The van der Waals surface area contributed by atoms with E-state index in [-0.39, 0.29) is 17.9 Å². The summed E-state index contributed by atoms with van der Waals surface area (Å²) in [4.78, 5) is 24.2. The molecule has 0 aliphatic carbocycles. The lowest BCUT2D eigenvalue weighted by Crippen LogP contribution is -2.44. The number of primary amides is 1. The molecular formula is C11H20N2O3. The fourth-order valence-electron chi connectivity index (χ4n) is 1.77. The van der Waals surface area contributed by atoms with E-state index in [4.69, 9.17) is 10.5 Å². The van der Waals surface area contributed by atoms with Crippen LogP contribution in [0.4, 0.5) is 4.79 Å². The lowest BCUT2D eigenvalue weighted by molar-refractivity contribution is -0.123. The van der Waals surface area contributed by atoms with Crippen LogP contribution < -0.4 is 5.73 Å². The van der Waals surface area contributed by atoms with Crippen LogP contribution in [-0.2, 0) is 9.53 Å². The van der Waals surface area contributed by atoms with Gasteiger partial charge in [0.1, 0.15) is 0 Å². The summed E-state index contributed by atoms with van der Waals surface area (Å²) >= 11 is 0. The molecule has 1 aliphatic rings. The minimum absolute atomic E-state index is 0.215. The summed E-state index contributed by atoms with van der Waals surface area (Å²) in [6.45, 7) is 3.56. The van der Waals surface area contributed by atoms with Crippen LogP contribution in [0.5, 0.6) is 0 Å². The van der Waals surface area contributed by atoms with Crippen molar-refractivity contribution in [2.24, 2.45) is 11.7 Å². The normalized spacial score (nSPS) is 20.6. The molecule has 0 aromatic heterocycles. The van der Waals surface area contributed by atoms with Gasteiger partial charge in [0.15, 0.2) is 0 Å². The maximum atomic E-state index is 11.6. The number of nitrogens with zero attached hydrogens (tertiary/aromatic N) is 1. The predicted molar refractivity (Wildman–Crippen MR) is 59.7 cm³/mol. The standard InChI is InChI=1S/C11H20N2O3/c1-2-3-7-16-11(15)13-6-4-5-9(8-13)10(12)14/h9H,2-8H2,1H3,(H2,12,14)/t9-/m1/s1. The molecule has 0 radical (unpaired) electrons. The first-order valence-electron chi connectivity index (χ1n) is 5.86. The Labute approximate surface area is 95.9 Å². The first-order valence-corrected chi connectivity index (χ1v) is 5.86. The van der Waals surface area contributed by atoms with Crippen molar-refractivity contribution in [3.63, 3.8) is 0 Å². The van der Waals surface area contributed by atoms with Crippen molar-refractivity contribution in [1.29, 1.82) is 0 Å². The van der Waals surface area contributed by atoms with Crippen LogP contribution in [0.1, 0.15) is 32.6 Å². The van der Waals surface area contributed by atoms with Gasteiger partial charge in [-0.1, -0.05) is 13.3 Å². The molecule has 0 saturated carbocycles. The zero-order valence-corrected chi connectivity index (χ0v) is 9.78. The number of carbonyl (C=O) groups excluding carboxylic acids is 2. The van der Waals surface area contributed by atoms with E-state index in [0.29, 0.717) is 19.7 Å². The number of rotatable bonds is 4. The monoisotopic (exact) mass is 228 g/mol. The quantitative estimate of drug-likeness (QED) is 0.733. The minimum Gasteiger partial charge on any atom is -0.449 e. The lowest BCUT2D eigenvalue weighted by atomic mass is 9.98. The molecule has 0 bridgehead atoms. The number of likely N-dealkylation sites (tertiary alicyclic amines) is 1. The van der Waals surface area contributed by atoms with Gasteiger partial charge < -0.3 is 15.4 Å².